The van der Waals surface area contributed by atoms with E-state index in [1.54, 1.807) is 42.5 Å². The molecule has 4 aromatic rings. The van der Waals surface area contributed by atoms with E-state index in [1.807, 2.05) is 24.3 Å². The summed E-state index contributed by atoms with van der Waals surface area (Å²) < 4.78 is 0.819. The second kappa shape index (κ2) is 10.6. The van der Waals surface area contributed by atoms with Crippen LogP contribution in [0.3, 0.4) is 0 Å². The van der Waals surface area contributed by atoms with Gasteiger partial charge in [0.05, 0.1) is 5.02 Å². The van der Waals surface area contributed by atoms with Crippen LogP contribution in [0.1, 0.15) is 46.4 Å². The molecule has 3 aromatic carbocycles. The van der Waals surface area contributed by atoms with Crippen LogP contribution in [0.2, 0.25) is 10.0 Å². The summed E-state index contributed by atoms with van der Waals surface area (Å²) in [6.07, 6.45) is 0. The molecular formula is C27H23Cl2N3O2S2. The van der Waals surface area contributed by atoms with Crippen molar-refractivity contribution < 1.29 is 9.59 Å². The van der Waals surface area contributed by atoms with Crippen molar-refractivity contribution in [1.82, 2.24) is 5.32 Å². The first-order chi connectivity index (χ1) is 17.0. The monoisotopic (exact) mass is 555 g/mol. The maximum atomic E-state index is 12.7. The van der Waals surface area contributed by atoms with Gasteiger partial charge in [-0.05, 0) is 71.7 Å². The van der Waals surface area contributed by atoms with Gasteiger partial charge >= 0.3 is 0 Å². The Kier molecular flexibility index (Phi) is 7.66. The molecule has 0 radical (unpaired) electrons. The van der Waals surface area contributed by atoms with E-state index in [0.717, 1.165) is 15.6 Å². The van der Waals surface area contributed by atoms with Crippen LogP contribution in [-0.2, 0) is 5.41 Å². The van der Waals surface area contributed by atoms with E-state index < -0.39 is 5.91 Å². The SMILES string of the molecule is CC(C)(C)c1ccc(C(=O)Nc2ccc(NC(=S)NC(=O)c3sc4cc(Cl)ccc4c3Cl)cc2)cc1. The number of amides is 2. The van der Waals surface area contributed by atoms with Gasteiger partial charge in [-0.2, -0.15) is 0 Å². The summed E-state index contributed by atoms with van der Waals surface area (Å²) in [5.74, 6) is -0.600. The number of rotatable bonds is 4. The van der Waals surface area contributed by atoms with Crippen LogP contribution in [0.5, 0.6) is 0 Å². The van der Waals surface area contributed by atoms with Crippen LogP contribution < -0.4 is 16.0 Å². The number of hydrogen-bond acceptors (Lipinski definition) is 4. The summed E-state index contributed by atoms with van der Waals surface area (Å²) in [6, 6.07) is 19.9. The Morgan fingerprint density at radius 2 is 1.44 bits per heavy atom. The highest BCUT2D eigenvalue weighted by Crippen LogP contribution is 2.36. The van der Waals surface area contributed by atoms with Crippen LogP contribution in [0, 0.1) is 0 Å². The van der Waals surface area contributed by atoms with E-state index in [4.69, 9.17) is 35.4 Å². The van der Waals surface area contributed by atoms with E-state index >= 15 is 0 Å². The molecule has 1 heterocycles. The first-order valence-corrected chi connectivity index (χ1v) is 13.0. The molecule has 3 N–H and O–H groups in total. The van der Waals surface area contributed by atoms with Gasteiger partial charge in [-0.3, -0.25) is 14.9 Å². The minimum absolute atomic E-state index is 0.0241. The zero-order chi connectivity index (χ0) is 26.0. The smallest absolute Gasteiger partial charge is 0.269 e. The summed E-state index contributed by atoms with van der Waals surface area (Å²) >= 11 is 19.0. The summed E-state index contributed by atoms with van der Waals surface area (Å²) in [7, 11) is 0. The van der Waals surface area contributed by atoms with Gasteiger partial charge in [0.25, 0.3) is 11.8 Å². The predicted octanol–water partition coefficient (Wildman–Crippen LogP) is 7.88. The molecule has 0 bridgehead atoms. The molecule has 2 amide bonds. The molecular weight excluding hydrogens is 533 g/mol. The fourth-order valence-corrected chi connectivity index (χ4v) is 5.37. The van der Waals surface area contributed by atoms with Crippen LogP contribution in [0.4, 0.5) is 11.4 Å². The number of anilines is 2. The molecule has 0 unspecified atom stereocenters. The maximum Gasteiger partial charge on any atom is 0.269 e. The number of carbonyl (C=O) groups is 2. The lowest BCUT2D eigenvalue weighted by molar-refractivity contribution is 0.0980. The number of thiophene rings is 1. The first-order valence-electron chi connectivity index (χ1n) is 11.0. The fraction of sp³-hybridized carbons (Fsp3) is 0.148. The Balaban J connectivity index is 1.35. The average molecular weight is 557 g/mol. The molecule has 0 aliphatic rings. The summed E-state index contributed by atoms with van der Waals surface area (Å²) in [6.45, 7) is 6.39. The van der Waals surface area contributed by atoms with Crippen LogP contribution >= 0.6 is 46.8 Å². The van der Waals surface area contributed by atoms with Gasteiger partial charge in [0, 0.05) is 32.0 Å². The summed E-state index contributed by atoms with van der Waals surface area (Å²) in [4.78, 5) is 25.7. The van der Waals surface area contributed by atoms with Crippen molar-refractivity contribution in [2.45, 2.75) is 26.2 Å². The molecule has 0 saturated carbocycles. The number of nitrogens with one attached hydrogen (secondary N) is 3. The van der Waals surface area contributed by atoms with Gasteiger partial charge in [-0.25, -0.2) is 0 Å². The Hall–Kier alpha value is -2.97. The van der Waals surface area contributed by atoms with Gasteiger partial charge in [0.2, 0.25) is 0 Å². The van der Waals surface area contributed by atoms with Crippen molar-refractivity contribution >= 4 is 85.1 Å². The molecule has 0 aliphatic carbocycles. The van der Waals surface area contributed by atoms with Gasteiger partial charge in [0.1, 0.15) is 4.88 Å². The second-order valence-corrected chi connectivity index (χ2v) is 11.4. The maximum absolute atomic E-state index is 12.7. The normalized spacial score (nSPS) is 11.2. The number of carbonyl (C=O) groups excluding carboxylic acids is 2. The third kappa shape index (κ3) is 6.05. The Bertz CT molecular complexity index is 1460. The molecule has 0 saturated heterocycles. The van der Waals surface area contributed by atoms with Crippen molar-refractivity contribution in [2.75, 3.05) is 10.6 Å². The number of fused-ring (bicyclic) bond motifs is 1. The predicted molar refractivity (Wildman–Crippen MR) is 155 cm³/mol. The largest absolute Gasteiger partial charge is 0.332 e. The summed E-state index contributed by atoms with van der Waals surface area (Å²) in [5, 5.41) is 10.3. The van der Waals surface area contributed by atoms with Gasteiger partial charge in [-0.1, -0.05) is 62.2 Å². The molecule has 9 heteroatoms. The zero-order valence-corrected chi connectivity index (χ0v) is 22.9. The fourth-order valence-electron chi connectivity index (χ4n) is 3.47. The van der Waals surface area contributed by atoms with E-state index in [-0.39, 0.29) is 16.4 Å². The van der Waals surface area contributed by atoms with E-state index in [2.05, 4.69) is 36.7 Å². The highest BCUT2D eigenvalue weighted by atomic mass is 35.5. The first kappa shape index (κ1) is 26.1. The van der Waals surface area contributed by atoms with Crippen molar-refractivity contribution in [3.05, 3.63) is 92.8 Å². The van der Waals surface area contributed by atoms with Crippen molar-refractivity contribution in [3.63, 3.8) is 0 Å². The minimum Gasteiger partial charge on any atom is -0.332 e. The van der Waals surface area contributed by atoms with Gasteiger partial charge in [0.15, 0.2) is 5.11 Å². The standard InChI is InChI=1S/C27H23Cl2N3O2S2/c1-27(2,3)16-6-4-15(5-7-16)24(33)30-18-9-11-19(12-10-18)31-26(35)32-25(34)23-22(29)20-13-8-17(28)14-21(20)36-23/h4-14H,1-3H3,(H,30,33)(H2,31,32,34,35). The molecule has 1 aromatic heterocycles. The second-order valence-electron chi connectivity index (χ2n) is 9.15. The zero-order valence-electron chi connectivity index (χ0n) is 19.7. The van der Waals surface area contributed by atoms with E-state index in [1.165, 1.54) is 11.3 Å². The summed E-state index contributed by atoms with van der Waals surface area (Å²) in [5.41, 5.74) is 3.06. The highest BCUT2D eigenvalue weighted by Gasteiger charge is 2.18. The lowest BCUT2D eigenvalue weighted by Gasteiger charge is -2.19. The Morgan fingerprint density at radius 3 is 2.06 bits per heavy atom. The third-order valence-corrected chi connectivity index (χ3v) is 7.53. The van der Waals surface area contributed by atoms with Gasteiger partial charge < -0.3 is 10.6 Å². The topological polar surface area (TPSA) is 70.2 Å². The van der Waals surface area contributed by atoms with Crippen LogP contribution in [0.25, 0.3) is 10.1 Å². The molecule has 36 heavy (non-hydrogen) atoms. The van der Waals surface area contributed by atoms with Gasteiger partial charge in [-0.15, -0.1) is 11.3 Å². The van der Waals surface area contributed by atoms with Crippen LogP contribution in [0.15, 0.2) is 66.7 Å². The highest BCUT2D eigenvalue weighted by molar-refractivity contribution is 7.80. The molecule has 0 atom stereocenters. The Morgan fingerprint density at radius 1 is 0.833 bits per heavy atom. The van der Waals surface area contributed by atoms with E-state index in [9.17, 15) is 9.59 Å². The molecule has 5 nitrogen and oxygen atoms in total. The van der Waals surface area contributed by atoms with E-state index in [0.29, 0.717) is 31.9 Å². The lowest BCUT2D eigenvalue weighted by atomic mass is 9.87. The lowest BCUT2D eigenvalue weighted by Crippen LogP contribution is -2.33. The van der Waals surface area contributed by atoms with Crippen LogP contribution in [-0.4, -0.2) is 16.9 Å². The van der Waals surface area contributed by atoms with Crippen molar-refractivity contribution in [2.24, 2.45) is 0 Å². The minimum atomic E-state index is -0.406. The van der Waals surface area contributed by atoms with Crippen molar-refractivity contribution in [1.29, 1.82) is 0 Å². The number of halogens is 2. The molecule has 184 valence electrons. The number of thiocarbonyl (C=S) groups is 1. The Labute approximate surface area is 228 Å². The molecule has 4 rings (SSSR count). The molecule has 0 fully saturated rings. The number of benzene rings is 3. The molecule has 0 aliphatic heterocycles. The molecule has 0 spiro atoms. The quantitative estimate of drug-likeness (QED) is 0.224. The third-order valence-electron chi connectivity index (χ3n) is 5.44. The average Bonchev–Trinajstić information content (AvgIpc) is 3.15. The van der Waals surface area contributed by atoms with Crippen molar-refractivity contribution in [3.8, 4) is 0 Å². The number of hydrogen-bond donors (Lipinski definition) is 3.